The van der Waals surface area contributed by atoms with Crippen molar-refractivity contribution in [2.75, 3.05) is 33.4 Å². The summed E-state index contributed by atoms with van der Waals surface area (Å²) in [5.41, 5.74) is 1.00. The van der Waals surface area contributed by atoms with Gasteiger partial charge in [-0.05, 0) is 31.5 Å². The Balaban J connectivity index is 2.01. The first-order chi connectivity index (χ1) is 9.70. The number of rotatable bonds is 7. The standard InChI is InChI=1S/C15H22Cl2N2O/c1-20-9-8-19(10-12-4-3-7-18-12)11-13-14(16)5-2-6-15(13)17/h2,5-6,12,18H,3-4,7-11H2,1H3. The normalized spacial score (nSPS) is 18.9. The minimum Gasteiger partial charge on any atom is -0.383 e. The Labute approximate surface area is 131 Å². The lowest BCUT2D eigenvalue weighted by molar-refractivity contribution is 0.138. The van der Waals surface area contributed by atoms with E-state index >= 15 is 0 Å². The molecule has 0 saturated carbocycles. The van der Waals surface area contributed by atoms with Crippen molar-refractivity contribution in [3.8, 4) is 0 Å². The van der Waals surface area contributed by atoms with Crippen LogP contribution < -0.4 is 5.32 Å². The molecule has 3 nitrogen and oxygen atoms in total. The quantitative estimate of drug-likeness (QED) is 0.836. The van der Waals surface area contributed by atoms with Crippen LogP contribution >= 0.6 is 23.2 Å². The van der Waals surface area contributed by atoms with Gasteiger partial charge in [-0.2, -0.15) is 0 Å². The lowest BCUT2D eigenvalue weighted by atomic mass is 10.1. The summed E-state index contributed by atoms with van der Waals surface area (Å²) in [6.45, 7) is 4.49. The molecule has 0 amide bonds. The van der Waals surface area contributed by atoms with Gasteiger partial charge >= 0.3 is 0 Å². The first kappa shape index (κ1) is 16.1. The number of hydrogen-bond donors (Lipinski definition) is 1. The highest BCUT2D eigenvalue weighted by molar-refractivity contribution is 6.35. The Bertz CT molecular complexity index is 402. The molecule has 5 heteroatoms. The minimum absolute atomic E-state index is 0.563. The number of benzene rings is 1. The van der Waals surface area contributed by atoms with Crippen molar-refractivity contribution in [2.24, 2.45) is 0 Å². The highest BCUT2D eigenvalue weighted by atomic mass is 35.5. The van der Waals surface area contributed by atoms with Gasteiger partial charge in [-0.3, -0.25) is 4.90 Å². The summed E-state index contributed by atoms with van der Waals surface area (Å²) in [5.74, 6) is 0. The van der Waals surface area contributed by atoms with Crippen molar-refractivity contribution >= 4 is 23.2 Å². The second-order valence-electron chi connectivity index (χ2n) is 5.22. The molecule has 0 radical (unpaired) electrons. The molecule has 1 atom stereocenters. The summed E-state index contributed by atoms with van der Waals surface area (Å²) in [5, 5.41) is 5.00. The van der Waals surface area contributed by atoms with Crippen molar-refractivity contribution in [3.05, 3.63) is 33.8 Å². The van der Waals surface area contributed by atoms with Gasteiger partial charge in [0.15, 0.2) is 0 Å². The van der Waals surface area contributed by atoms with E-state index in [1.807, 2.05) is 18.2 Å². The summed E-state index contributed by atoms with van der Waals surface area (Å²) in [6, 6.07) is 6.23. The zero-order chi connectivity index (χ0) is 14.4. The van der Waals surface area contributed by atoms with Gasteiger partial charge in [0.05, 0.1) is 6.61 Å². The van der Waals surface area contributed by atoms with Crippen LogP contribution in [0.2, 0.25) is 10.0 Å². The third-order valence-corrected chi connectivity index (χ3v) is 4.40. The molecule has 112 valence electrons. The lowest BCUT2D eigenvalue weighted by Crippen LogP contribution is -2.38. The molecular formula is C15H22Cl2N2O. The fourth-order valence-electron chi connectivity index (χ4n) is 2.59. The minimum atomic E-state index is 0.563. The van der Waals surface area contributed by atoms with Crippen LogP contribution in [0.25, 0.3) is 0 Å². The molecule has 1 fully saturated rings. The van der Waals surface area contributed by atoms with Crippen LogP contribution in [0, 0.1) is 0 Å². The molecule has 1 N–H and O–H groups in total. The second-order valence-corrected chi connectivity index (χ2v) is 6.04. The van der Waals surface area contributed by atoms with E-state index < -0.39 is 0 Å². The van der Waals surface area contributed by atoms with E-state index in [-0.39, 0.29) is 0 Å². The molecule has 1 aromatic rings. The van der Waals surface area contributed by atoms with Crippen LogP contribution in [0.5, 0.6) is 0 Å². The molecule has 1 saturated heterocycles. The molecule has 1 unspecified atom stereocenters. The second kappa shape index (κ2) is 8.20. The Morgan fingerprint density at radius 1 is 1.35 bits per heavy atom. The number of hydrogen-bond acceptors (Lipinski definition) is 3. The van der Waals surface area contributed by atoms with Crippen molar-refractivity contribution < 1.29 is 4.74 Å². The van der Waals surface area contributed by atoms with Gasteiger partial charge in [-0.1, -0.05) is 29.3 Å². The van der Waals surface area contributed by atoms with Crippen LogP contribution in [0.4, 0.5) is 0 Å². The lowest BCUT2D eigenvalue weighted by Gasteiger charge is -2.26. The van der Waals surface area contributed by atoms with E-state index in [1.54, 1.807) is 7.11 Å². The number of nitrogens with one attached hydrogen (secondary N) is 1. The van der Waals surface area contributed by atoms with Crippen molar-refractivity contribution in [2.45, 2.75) is 25.4 Å². The average molecular weight is 317 g/mol. The Morgan fingerprint density at radius 3 is 2.70 bits per heavy atom. The number of ether oxygens (including phenoxy) is 1. The van der Waals surface area contributed by atoms with E-state index in [2.05, 4.69) is 10.2 Å². The summed E-state index contributed by atoms with van der Waals surface area (Å²) in [4.78, 5) is 2.36. The molecule has 1 aromatic carbocycles. The highest BCUT2D eigenvalue weighted by Gasteiger charge is 2.19. The van der Waals surface area contributed by atoms with E-state index in [0.29, 0.717) is 6.04 Å². The van der Waals surface area contributed by atoms with Crippen LogP contribution in [0.1, 0.15) is 18.4 Å². The first-order valence-electron chi connectivity index (χ1n) is 7.08. The molecule has 0 spiro atoms. The number of nitrogens with zero attached hydrogens (tertiary/aromatic N) is 1. The first-order valence-corrected chi connectivity index (χ1v) is 7.84. The zero-order valence-corrected chi connectivity index (χ0v) is 13.4. The molecular weight excluding hydrogens is 295 g/mol. The molecule has 20 heavy (non-hydrogen) atoms. The summed E-state index contributed by atoms with van der Waals surface area (Å²) >= 11 is 12.5. The third kappa shape index (κ3) is 4.61. The van der Waals surface area contributed by atoms with Gasteiger partial charge in [0, 0.05) is 48.4 Å². The fourth-order valence-corrected chi connectivity index (χ4v) is 3.10. The van der Waals surface area contributed by atoms with Crippen LogP contribution in [-0.4, -0.2) is 44.3 Å². The Morgan fingerprint density at radius 2 is 2.10 bits per heavy atom. The van der Waals surface area contributed by atoms with Gasteiger partial charge in [0.2, 0.25) is 0 Å². The smallest absolute Gasteiger partial charge is 0.0589 e. The third-order valence-electron chi connectivity index (χ3n) is 3.70. The summed E-state index contributed by atoms with van der Waals surface area (Å²) in [7, 11) is 1.73. The van der Waals surface area contributed by atoms with E-state index in [4.69, 9.17) is 27.9 Å². The van der Waals surface area contributed by atoms with Gasteiger partial charge in [0.25, 0.3) is 0 Å². The molecule has 0 aromatic heterocycles. The summed E-state index contributed by atoms with van der Waals surface area (Å²) < 4.78 is 5.21. The molecule has 0 aliphatic carbocycles. The van der Waals surface area contributed by atoms with Gasteiger partial charge in [-0.15, -0.1) is 0 Å². The van der Waals surface area contributed by atoms with Gasteiger partial charge in [-0.25, -0.2) is 0 Å². The van der Waals surface area contributed by atoms with Gasteiger partial charge in [0.1, 0.15) is 0 Å². The number of halogens is 2. The molecule has 1 aliphatic heterocycles. The topological polar surface area (TPSA) is 24.5 Å². The van der Waals surface area contributed by atoms with Crippen LogP contribution in [-0.2, 0) is 11.3 Å². The maximum atomic E-state index is 6.27. The predicted octanol–water partition coefficient (Wildman–Crippen LogP) is 3.19. The van der Waals surface area contributed by atoms with E-state index in [0.717, 1.165) is 48.4 Å². The van der Waals surface area contributed by atoms with Crippen LogP contribution in [0.15, 0.2) is 18.2 Å². The predicted molar refractivity (Wildman–Crippen MR) is 84.6 cm³/mol. The number of methoxy groups -OCH3 is 1. The highest BCUT2D eigenvalue weighted by Crippen LogP contribution is 2.26. The van der Waals surface area contributed by atoms with Gasteiger partial charge < -0.3 is 10.1 Å². The van der Waals surface area contributed by atoms with Crippen molar-refractivity contribution in [1.82, 2.24) is 10.2 Å². The SMILES string of the molecule is COCCN(Cc1c(Cl)cccc1Cl)CC1CCCN1. The largest absolute Gasteiger partial charge is 0.383 e. The molecule has 1 heterocycles. The van der Waals surface area contributed by atoms with Crippen molar-refractivity contribution in [1.29, 1.82) is 0 Å². The average Bonchev–Trinajstić information content (AvgIpc) is 2.93. The summed E-state index contributed by atoms with van der Waals surface area (Å²) in [6.07, 6.45) is 2.50. The van der Waals surface area contributed by atoms with Crippen molar-refractivity contribution in [3.63, 3.8) is 0 Å². The maximum Gasteiger partial charge on any atom is 0.0589 e. The van der Waals surface area contributed by atoms with Crippen LogP contribution in [0.3, 0.4) is 0 Å². The van der Waals surface area contributed by atoms with E-state index in [1.165, 1.54) is 12.8 Å². The monoisotopic (exact) mass is 316 g/mol. The maximum absolute atomic E-state index is 6.27. The fraction of sp³-hybridized carbons (Fsp3) is 0.600. The van der Waals surface area contributed by atoms with E-state index in [9.17, 15) is 0 Å². The Hall–Kier alpha value is -0.320. The Kier molecular flexibility index (Phi) is 6.59. The molecule has 2 rings (SSSR count). The molecule has 0 bridgehead atoms. The zero-order valence-electron chi connectivity index (χ0n) is 11.9. The molecule has 1 aliphatic rings.